The van der Waals surface area contributed by atoms with E-state index in [1.165, 1.54) is 0 Å². The van der Waals surface area contributed by atoms with Crippen molar-refractivity contribution in [2.75, 3.05) is 34.9 Å². The monoisotopic (exact) mass is 774 g/mol. The van der Waals surface area contributed by atoms with Crippen LogP contribution in [0.3, 0.4) is 0 Å². The lowest BCUT2D eigenvalue weighted by atomic mass is 9.89. The first-order chi connectivity index (χ1) is 25.6. The second-order valence-corrected chi connectivity index (χ2v) is 17.4. The van der Waals surface area contributed by atoms with Crippen molar-refractivity contribution >= 4 is 23.6 Å². The molecule has 1 fully saturated rings. The van der Waals surface area contributed by atoms with Crippen LogP contribution in [0.25, 0.3) is 0 Å². The summed E-state index contributed by atoms with van der Waals surface area (Å²) < 4.78 is 12.0. The van der Waals surface area contributed by atoms with Gasteiger partial charge in [-0.25, -0.2) is 0 Å². The first kappa shape index (κ1) is 48.1. The van der Waals surface area contributed by atoms with E-state index in [0.29, 0.717) is 18.5 Å². The Morgan fingerprint density at radius 2 is 1.51 bits per heavy atom. The molecule has 0 bridgehead atoms. The molecular weight excluding hydrogens is 699 g/mol. The Balaban J connectivity index is 2.28. The van der Waals surface area contributed by atoms with Crippen molar-refractivity contribution in [3.63, 3.8) is 0 Å². The predicted octanol–water partition coefficient (Wildman–Crippen LogP) is 5.04. The van der Waals surface area contributed by atoms with Crippen LogP contribution < -0.4 is 10.6 Å². The molecule has 1 aromatic rings. The molecule has 1 saturated heterocycles. The summed E-state index contributed by atoms with van der Waals surface area (Å²) in [6.07, 6.45) is 0.119. The van der Waals surface area contributed by atoms with Gasteiger partial charge in [-0.2, -0.15) is 0 Å². The van der Waals surface area contributed by atoms with Crippen molar-refractivity contribution in [2.24, 2.45) is 23.7 Å². The van der Waals surface area contributed by atoms with Gasteiger partial charge in [0.05, 0.1) is 54.8 Å². The van der Waals surface area contributed by atoms with Gasteiger partial charge in [0.1, 0.15) is 6.04 Å². The van der Waals surface area contributed by atoms with Crippen LogP contribution in [0.4, 0.5) is 0 Å². The van der Waals surface area contributed by atoms with Crippen molar-refractivity contribution < 1.29 is 33.8 Å². The normalized spacial score (nSPS) is 20.0. The van der Waals surface area contributed by atoms with E-state index in [9.17, 15) is 24.3 Å². The number of rotatable bonds is 20. The molecular formula is C43H75N5O7. The van der Waals surface area contributed by atoms with E-state index in [1.54, 1.807) is 44.9 Å². The maximum atomic E-state index is 14.4. The summed E-state index contributed by atoms with van der Waals surface area (Å²) in [4.78, 5) is 61.5. The average Bonchev–Trinajstić information content (AvgIpc) is 3.62. The smallest absolute Gasteiger partial charge is 0.245 e. The van der Waals surface area contributed by atoms with Crippen LogP contribution >= 0.6 is 0 Å². The summed E-state index contributed by atoms with van der Waals surface area (Å²) in [5.41, 5.74) is 0.454. The molecule has 0 aliphatic carbocycles. The third-order valence-corrected chi connectivity index (χ3v) is 11.8. The number of likely N-dealkylation sites (N-methyl/N-ethyl adjacent to an activating group) is 2. The van der Waals surface area contributed by atoms with Gasteiger partial charge in [0.2, 0.25) is 23.6 Å². The molecule has 55 heavy (non-hydrogen) atoms. The molecule has 4 amide bonds. The molecule has 12 nitrogen and oxygen atoms in total. The third kappa shape index (κ3) is 12.5. The largest absolute Gasteiger partial charge is 0.386 e. The second-order valence-electron chi connectivity index (χ2n) is 17.4. The van der Waals surface area contributed by atoms with Crippen molar-refractivity contribution in [3.8, 4) is 0 Å². The van der Waals surface area contributed by atoms with Crippen LogP contribution in [0.15, 0.2) is 30.3 Å². The number of nitrogens with one attached hydrogen (secondary N) is 2. The van der Waals surface area contributed by atoms with E-state index in [-0.39, 0.29) is 59.4 Å². The van der Waals surface area contributed by atoms with Crippen LogP contribution in [0, 0.1) is 23.7 Å². The quantitative estimate of drug-likeness (QED) is 0.168. The van der Waals surface area contributed by atoms with Gasteiger partial charge in [0.25, 0.3) is 0 Å². The van der Waals surface area contributed by atoms with Gasteiger partial charge < -0.3 is 35.0 Å². The molecule has 0 spiro atoms. The second kappa shape index (κ2) is 21.5. The molecule has 10 atom stereocenters. The zero-order valence-electron chi connectivity index (χ0n) is 36.6. The molecule has 1 aliphatic rings. The molecule has 0 radical (unpaired) electrons. The number of carbonyl (C=O) groups excluding carboxylic acids is 4. The molecule has 2 rings (SSSR count). The molecule has 1 heterocycles. The van der Waals surface area contributed by atoms with Crippen LogP contribution in [-0.4, -0.2) is 126 Å². The Labute approximate surface area is 332 Å². The van der Waals surface area contributed by atoms with E-state index in [0.717, 1.165) is 12.8 Å². The minimum atomic E-state index is -0.878. The minimum absolute atomic E-state index is 0.0159. The lowest BCUT2D eigenvalue weighted by molar-refractivity contribution is -0.148. The van der Waals surface area contributed by atoms with Crippen molar-refractivity contribution in [1.29, 1.82) is 0 Å². The molecule has 1 unspecified atom stereocenters. The topological polar surface area (TPSA) is 141 Å². The fourth-order valence-electron chi connectivity index (χ4n) is 7.99. The van der Waals surface area contributed by atoms with E-state index >= 15 is 0 Å². The number of carbonyl (C=O) groups is 4. The zero-order chi connectivity index (χ0) is 41.9. The highest BCUT2D eigenvalue weighted by atomic mass is 16.5. The van der Waals surface area contributed by atoms with Gasteiger partial charge in [-0.3, -0.25) is 24.1 Å². The van der Waals surface area contributed by atoms with Crippen molar-refractivity contribution in [1.82, 2.24) is 25.3 Å². The minimum Gasteiger partial charge on any atom is -0.386 e. The first-order valence-electron chi connectivity index (χ1n) is 20.3. The number of hydrogen-bond acceptors (Lipinski definition) is 8. The highest BCUT2D eigenvalue weighted by molar-refractivity contribution is 5.90. The zero-order valence-corrected chi connectivity index (χ0v) is 36.6. The third-order valence-electron chi connectivity index (χ3n) is 11.8. The summed E-state index contributed by atoms with van der Waals surface area (Å²) in [5.74, 6) is -1.62. The number of ether oxygens (including phenoxy) is 2. The van der Waals surface area contributed by atoms with E-state index in [1.807, 2.05) is 72.0 Å². The Morgan fingerprint density at radius 1 is 0.909 bits per heavy atom. The Bertz CT molecular complexity index is 1370. The Kier molecular flexibility index (Phi) is 18.8. The molecule has 314 valence electrons. The molecule has 12 heteroatoms. The van der Waals surface area contributed by atoms with Crippen LogP contribution in [0.1, 0.15) is 114 Å². The highest BCUT2D eigenvalue weighted by Crippen LogP contribution is 2.30. The number of nitrogens with zero attached hydrogens (tertiary/aromatic N) is 3. The number of aliphatic hydroxyl groups excluding tert-OH is 1. The molecule has 1 aliphatic heterocycles. The van der Waals surface area contributed by atoms with Crippen LogP contribution in [0.2, 0.25) is 0 Å². The maximum Gasteiger partial charge on any atom is 0.245 e. The maximum absolute atomic E-state index is 14.4. The molecule has 0 saturated carbocycles. The number of hydrogen-bond donors (Lipinski definition) is 3. The fraction of sp³-hybridized carbons (Fsp3) is 0.767. The molecule has 0 aromatic heterocycles. The Morgan fingerprint density at radius 3 is 2.00 bits per heavy atom. The fourth-order valence-corrected chi connectivity index (χ4v) is 7.99. The number of benzene rings is 1. The van der Waals surface area contributed by atoms with Crippen molar-refractivity contribution in [3.05, 3.63) is 35.9 Å². The average molecular weight is 774 g/mol. The lowest BCUT2D eigenvalue weighted by Gasteiger charge is -2.42. The highest BCUT2D eigenvalue weighted by Gasteiger charge is 2.43. The standard InChI is InChI=1S/C43H75N5O7/c1-16-28(6)37(46(12)42(53)35(26(2)3)45-41(52)36(27(4)5)47(13)43(9,10)11)33(54-14)25-34(49)48-24-20-23-32(48)39(55-15)29(7)40(51)44-30(8)38(50)31-21-18-17-19-22-31/h17-19,21-22,26-30,32-33,35-39,50H,16,20,23-25H2,1-15H3,(H,44,51)(H,45,52)/t28-,29+,30+,32?,33+,35-,36-,37-,38+,39+/m1/s1. The number of amides is 4. The summed E-state index contributed by atoms with van der Waals surface area (Å²) in [7, 11) is 6.81. The van der Waals surface area contributed by atoms with Gasteiger partial charge >= 0.3 is 0 Å². The van der Waals surface area contributed by atoms with Gasteiger partial charge in [-0.15, -0.1) is 0 Å². The number of aliphatic hydroxyl groups is 1. The van der Waals surface area contributed by atoms with E-state index < -0.39 is 48.4 Å². The van der Waals surface area contributed by atoms with Gasteiger partial charge in [0.15, 0.2) is 0 Å². The van der Waals surface area contributed by atoms with Gasteiger partial charge in [-0.05, 0) is 70.9 Å². The Hall–Kier alpha value is -3.06. The predicted molar refractivity (Wildman–Crippen MR) is 218 cm³/mol. The van der Waals surface area contributed by atoms with Crippen LogP contribution in [0.5, 0.6) is 0 Å². The van der Waals surface area contributed by atoms with Crippen molar-refractivity contribution in [2.45, 2.75) is 156 Å². The SMILES string of the molecule is CC[C@@H](C)[C@H]([C@H](CC(=O)N1CCCC1[C@@H](OC)[C@H](C)C(=O)N[C@@H](C)[C@H](O)c1ccccc1)OC)N(C)C(=O)[C@H](NC(=O)[C@@H](C(C)C)N(C)C(C)(C)C)C(C)C. The van der Waals surface area contributed by atoms with E-state index in [4.69, 9.17) is 9.47 Å². The lowest BCUT2D eigenvalue weighted by Crippen LogP contribution is -2.61. The number of methoxy groups -OCH3 is 2. The van der Waals surface area contributed by atoms with Gasteiger partial charge in [0, 0.05) is 33.4 Å². The van der Waals surface area contributed by atoms with Crippen LogP contribution in [-0.2, 0) is 28.7 Å². The first-order valence-corrected chi connectivity index (χ1v) is 20.3. The summed E-state index contributed by atoms with van der Waals surface area (Å²) in [6, 6.07) is 6.65. The van der Waals surface area contributed by atoms with E-state index in [2.05, 4.69) is 43.2 Å². The molecule has 1 aromatic carbocycles. The summed E-state index contributed by atoms with van der Waals surface area (Å²) >= 11 is 0. The molecule has 3 N–H and O–H groups in total. The summed E-state index contributed by atoms with van der Waals surface area (Å²) in [5, 5.41) is 16.9. The summed E-state index contributed by atoms with van der Waals surface area (Å²) in [6.45, 7) is 22.2. The number of likely N-dealkylation sites (tertiary alicyclic amines) is 1. The van der Waals surface area contributed by atoms with Gasteiger partial charge in [-0.1, -0.05) is 85.2 Å².